The minimum atomic E-state index is -0.285. The van der Waals surface area contributed by atoms with Crippen molar-refractivity contribution in [1.29, 1.82) is 0 Å². The molecule has 29 heavy (non-hydrogen) atoms. The Labute approximate surface area is 177 Å². The average molecular weight is 427 g/mol. The minimum absolute atomic E-state index is 0.122. The molecule has 1 N–H and O–H groups in total. The van der Waals surface area contributed by atoms with Crippen LogP contribution in [0.3, 0.4) is 0 Å². The number of carbonyl (C=O) groups excluding carboxylic acids is 1. The van der Waals surface area contributed by atoms with Gasteiger partial charge < -0.3 is 14.5 Å². The van der Waals surface area contributed by atoms with E-state index in [1.807, 2.05) is 25.1 Å². The van der Waals surface area contributed by atoms with E-state index in [9.17, 15) is 4.79 Å². The number of nitrogens with zero attached hydrogens (tertiary/aromatic N) is 1. The smallest absolute Gasteiger partial charge is 0.262 e. The van der Waals surface area contributed by atoms with E-state index in [0.29, 0.717) is 44.0 Å². The Kier molecular flexibility index (Phi) is 5.43. The van der Waals surface area contributed by atoms with Crippen LogP contribution < -0.4 is 10.1 Å². The summed E-state index contributed by atoms with van der Waals surface area (Å²) in [5.74, 6) is 0.723. The van der Waals surface area contributed by atoms with Gasteiger partial charge in [-0.3, -0.25) is 4.79 Å². The second-order valence-corrected chi connectivity index (χ2v) is 7.24. The summed E-state index contributed by atoms with van der Waals surface area (Å²) >= 11 is 12.2. The van der Waals surface area contributed by atoms with Crippen LogP contribution in [0.2, 0.25) is 10.0 Å². The normalized spacial score (nSPS) is 10.9. The van der Waals surface area contributed by atoms with Gasteiger partial charge in [-0.1, -0.05) is 35.3 Å². The van der Waals surface area contributed by atoms with Gasteiger partial charge in [0.1, 0.15) is 11.3 Å². The highest BCUT2D eigenvalue weighted by Gasteiger charge is 2.12. The van der Waals surface area contributed by atoms with Gasteiger partial charge in [0.05, 0.1) is 10.6 Å². The third-order valence-electron chi connectivity index (χ3n) is 4.27. The molecule has 4 rings (SSSR count). The number of anilines is 1. The fourth-order valence-corrected chi connectivity index (χ4v) is 3.14. The first kappa shape index (κ1) is 19.3. The predicted octanol–water partition coefficient (Wildman–Crippen LogP) is 6.13. The summed E-state index contributed by atoms with van der Waals surface area (Å²) < 4.78 is 11.3. The standard InChI is InChI=1S/C22H16Cl2N2O3/c1-13-10-15(7-8-17(13)23)28-12-21(27)25-14-6-9-20-19(11-14)26-22(29-20)16-4-2-3-5-18(16)24/h2-11H,12H2,1H3,(H,25,27). The molecular formula is C22H16Cl2N2O3. The molecule has 1 heterocycles. The first-order valence-electron chi connectivity index (χ1n) is 8.84. The van der Waals surface area contributed by atoms with Crippen LogP contribution in [-0.2, 0) is 4.79 Å². The van der Waals surface area contributed by atoms with Gasteiger partial charge in [-0.2, -0.15) is 0 Å². The molecule has 0 aliphatic rings. The molecule has 0 saturated heterocycles. The molecule has 0 unspecified atom stereocenters. The summed E-state index contributed by atoms with van der Waals surface area (Å²) in [5.41, 5.74) is 3.41. The van der Waals surface area contributed by atoms with E-state index in [1.54, 1.807) is 42.5 Å². The number of aromatic nitrogens is 1. The van der Waals surface area contributed by atoms with Gasteiger partial charge in [0.25, 0.3) is 5.91 Å². The molecule has 1 amide bonds. The van der Waals surface area contributed by atoms with Gasteiger partial charge >= 0.3 is 0 Å². The molecular weight excluding hydrogens is 411 g/mol. The van der Waals surface area contributed by atoms with Gasteiger partial charge in [-0.15, -0.1) is 0 Å². The van der Waals surface area contributed by atoms with Gasteiger partial charge in [0.15, 0.2) is 12.2 Å². The first-order valence-corrected chi connectivity index (χ1v) is 9.59. The lowest BCUT2D eigenvalue weighted by Crippen LogP contribution is -2.20. The zero-order valence-electron chi connectivity index (χ0n) is 15.4. The Morgan fingerprint density at radius 1 is 1.07 bits per heavy atom. The Hall–Kier alpha value is -3.02. The summed E-state index contributed by atoms with van der Waals surface area (Å²) in [6.07, 6.45) is 0. The molecule has 0 bridgehead atoms. The van der Waals surface area contributed by atoms with Crippen LogP contribution in [0.15, 0.2) is 65.1 Å². The van der Waals surface area contributed by atoms with Gasteiger partial charge in [-0.05, 0) is 61.0 Å². The topological polar surface area (TPSA) is 64.4 Å². The number of nitrogens with one attached hydrogen (secondary N) is 1. The number of rotatable bonds is 5. The van der Waals surface area contributed by atoms with Crippen molar-refractivity contribution in [2.24, 2.45) is 0 Å². The summed E-state index contributed by atoms with van der Waals surface area (Å²) in [7, 11) is 0. The fraction of sp³-hybridized carbons (Fsp3) is 0.0909. The van der Waals surface area contributed by atoms with E-state index >= 15 is 0 Å². The van der Waals surface area contributed by atoms with E-state index in [0.717, 1.165) is 5.56 Å². The van der Waals surface area contributed by atoms with Crippen LogP contribution in [0.1, 0.15) is 5.56 Å². The van der Waals surface area contributed by atoms with Crippen molar-refractivity contribution in [3.05, 3.63) is 76.3 Å². The molecule has 0 aliphatic carbocycles. The van der Waals surface area contributed by atoms with Crippen LogP contribution in [-0.4, -0.2) is 17.5 Å². The molecule has 146 valence electrons. The molecule has 0 spiro atoms. The molecule has 0 aliphatic heterocycles. The number of carbonyl (C=O) groups is 1. The number of hydrogen-bond donors (Lipinski definition) is 1. The fourth-order valence-electron chi connectivity index (χ4n) is 2.81. The van der Waals surface area contributed by atoms with E-state index in [-0.39, 0.29) is 12.5 Å². The van der Waals surface area contributed by atoms with Crippen LogP contribution in [0.4, 0.5) is 5.69 Å². The molecule has 7 heteroatoms. The quantitative estimate of drug-likeness (QED) is 0.416. The van der Waals surface area contributed by atoms with Gasteiger partial charge in [0, 0.05) is 10.7 Å². The Bertz CT molecular complexity index is 1200. The number of benzene rings is 3. The summed E-state index contributed by atoms with van der Waals surface area (Å²) in [6, 6.07) is 17.8. The monoisotopic (exact) mass is 426 g/mol. The van der Waals surface area contributed by atoms with Crippen LogP contribution in [0, 0.1) is 6.92 Å². The highest BCUT2D eigenvalue weighted by Crippen LogP contribution is 2.30. The highest BCUT2D eigenvalue weighted by molar-refractivity contribution is 6.33. The molecule has 4 aromatic rings. The van der Waals surface area contributed by atoms with Crippen molar-refractivity contribution in [3.8, 4) is 17.2 Å². The Balaban J connectivity index is 1.46. The lowest BCUT2D eigenvalue weighted by atomic mass is 10.2. The molecule has 0 fully saturated rings. The van der Waals surface area contributed by atoms with Crippen LogP contribution >= 0.6 is 23.2 Å². The Morgan fingerprint density at radius 3 is 2.69 bits per heavy atom. The van der Waals surface area contributed by atoms with Gasteiger partial charge in [0.2, 0.25) is 5.89 Å². The van der Waals surface area contributed by atoms with Crippen molar-refractivity contribution in [1.82, 2.24) is 4.98 Å². The van der Waals surface area contributed by atoms with Crippen molar-refractivity contribution in [2.75, 3.05) is 11.9 Å². The highest BCUT2D eigenvalue weighted by atomic mass is 35.5. The number of fused-ring (bicyclic) bond motifs is 1. The molecule has 0 atom stereocenters. The van der Waals surface area contributed by atoms with E-state index in [4.69, 9.17) is 32.4 Å². The van der Waals surface area contributed by atoms with Crippen molar-refractivity contribution >= 4 is 45.9 Å². The van der Waals surface area contributed by atoms with Crippen molar-refractivity contribution < 1.29 is 13.9 Å². The zero-order valence-corrected chi connectivity index (χ0v) is 16.9. The second-order valence-electron chi connectivity index (χ2n) is 6.43. The molecule has 0 saturated carbocycles. The van der Waals surface area contributed by atoms with E-state index in [2.05, 4.69) is 10.3 Å². The Morgan fingerprint density at radius 2 is 1.90 bits per heavy atom. The van der Waals surface area contributed by atoms with Gasteiger partial charge in [-0.25, -0.2) is 4.98 Å². The molecule has 0 radical (unpaired) electrons. The summed E-state index contributed by atoms with van der Waals surface area (Å²) in [6.45, 7) is 1.75. The minimum Gasteiger partial charge on any atom is -0.484 e. The summed E-state index contributed by atoms with van der Waals surface area (Å²) in [4.78, 5) is 16.7. The molecule has 3 aromatic carbocycles. The number of aryl methyl sites for hydroxylation is 1. The molecule has 5 nitrogen and oxygen atoms in total. The molecule has 1 aromatic heterocycles. The van der Waals surface area contributed by atoms with Crippen molar-refractivity contribution in [3.63, 3.8) is 0 Å². The number of halogens is 2. The maximum Gasteiger partial charge on any atom is 0.262 e. The number of oxazole rings is 1. The predicted molar refractivity (Wildman–Crippen MR) is 115 cm³/mol. The number of hydrogen-bond acceptors (Lipinski definition) is 4. The lowest BCUT2D eigenvalue weighted by Gasteiger charge is -2.08. The van der Waals surface area contributed by atoms with E-state index in [1.165, 1.54) is 0 Å². The number of amides is 1. The third-order valence-corrected chi connectivity index (χ3v) is 5.03. The average Bonchev–Trinajstić information content (AvgIpc) is 3.12. The van der Waals surface area contributed by atoms with E-state index < -0.39 is 0 Å². The largest absolute Gasteiger partial charge is 0.484 e. The maximum atomic E-state index is 12.2. The maximum absolute atomic E-state index is 12.2. The first-order chi connectivity index (χ1) is 14.0. The van der Waals surface area contributed by atoms with Crippen LogP contribution in [0.5, 0.6) is 5.75 Å². The summed E-state index contributed by atoms with van der Waals surface area (Å²) in [5, 5.41) is 4.00. The second kappa shape index (κ2) is 8.15. The number of ether oxygens (including phenoxy) is 1. The zero-order chi connectivity index (χ0) is 20.4. The third kappa shape index (κ3) is 4.36. The van der Waals surface area contributed by atoms with Crippen LogP contribution in [0.25, 0.3) is 22.6 Å². The lowest BCUT2D eigenvalue weighted by molar-refractivity contribution is -0.118. The SMILES string of the molecule is Cc1cc(OCC(=O)Nc2ccc3oc(-c4ccccc4Cl)nc3c2)ccc1Cl. The van der Waals surface area contributed by atoms with Crippen molar-refractivity contribution in [2.45, 2.75) is 6.92 Å².